The minimum absolute atomic E-state index is 0.116. The van der Waals surface area contributed by atoms with Gasteiger partial charge in [0.15, 0.2) is 0 Å². The summed E-state index contributed by atoms with van der Waals surface area (Å²) in [5.74, 6) is -0.636. The molecule has 0 radical (unpaired) electrons. The molecule has 1 rings (SSSR count). The van der Waals surface area contributed by atoms with Crippen molar-refractivity contribution in [1.82, 2.24) is 0 Å². The molecule has 3 nitrogen and oxygen atoms in total. The van der Waals surface area contributed by atoms with Gasteiger partial charge in [-0.05, 0) is 46.5 Å². The Hall–Kier alpha value is -1.03. The SMILES string of the molecule is Cc1ccc(NCC(C)CC(=O)O)c(Br)c1. The fourth-order valence-electron chi connectivity index (χ4n) is 1.42. The van der Waals surface area contributed by atoms with E-state index in [0.717, 1.165) is 10.2 Å². The average Bonchev–Trinajstić information content (AvgIpc) is 2.15. The van der Waals surface area contributed by atoms with E-state index in [9.17, 15) is 4.79 Å². The number of hydrogen-bond acceptors (Lipinski definition) is 2. The summed E-state index contributed by atoms with van der Waals surface area (Å²) in [5, 5.41) is 11.9. The maximum Gasteiger partial charge on any atom is 0.303 e. The van der Waals surface area contributed by atoms with Gasteiger partial charge in [-0.1, -0.05) is 13.0 Å². The Balaban J connectivity index is 2.51. The quantitative estimate of drug-likeness (QED) is 0.873. The van der Waals surface area contributed by atoms with Crippen LogP contribution in [0.3, 0.4) is 0 Å². The zero-order chi connectivity index (χ0) is 12.1. The third kappa shape index (κ3) is 4.23. The van der Waals surface area contributed by atoms with Crippen LogP contribution >= 0.6 is 15.9 Å². The molecule has 0 saturated carbocycles. The first-order valence-corrected chi connectivity index (χ1v) is 6.00. The lowest BCUT2D eigenvalue weighted by molar-refractivity contribution is -0.137. The van der Waals surface area contributed by atoms with Gasteiger partial charge in [0.05, 0.1) is 0 Å². The smallest absolute Gasteiger partial charge is 0.303 e. The topological polar surface area (TPSA) is 49.3 Å². The molecule has 1 atom stereocenters. The molecule has 0 spiro atoms. The number of benzene rings is 1. The number of nitrogens with one attached hydrogen (secondary N) is 1. The molecular formula is C12H16BrNO2. The summed E-state index contributed by atoms with van der Waals surface area (Å²) in [6, 6.07) is 6.05. The van der Waals surface area contributed by atoms with Gasteiger partial charge in [-0.2, -0.15) is 0 Å². The van der Waals surface area contributed by atoms with Gasteiger partial charge in [-0.15, -0.1) is 0 Å². The molecule has 88 valence electrons. The highest BCUT2D eigenvalue weighted by Crippen LogP contribution is 2.23. The van der Waals surface area contributed by atoms with Gasteiger partial charge >= 0.3 is 5.97 Å². The molecule has 4 heteroatoms. The molecule has 16 heavy (non-hydrogen) atoms. The first-order chi connectivity index (χ1) is 7.49. The fraction of sp³-hybridized carbons (Fsp3) is 0.417. The van der Waals surface area contributed by atoms with Crippen LogP contribution in [0.4, 0.5) is 5.69 Å². The van der Waals surface area contributed by atoms with Crippen molar-refractivity contribution in [2.75, 3.05) is 11.9 Å². The van der Waals surface area contributed by atoms with Crippen LogP contribution in [0.5, 0.6) is 0 Å². The second-order valence-electron chi connectivity index (χ2n) is 4.07. The molecule has 0 saturated heterocycles. The van der Waals surface area contributed by atoms with E-state index >= 15 is 0 Å². The first-order valence-electron chi connectivity index (χ1n) is 5.21. The molecule has 0 aromatic heterocycles. The monoisotopic (exact) mass is 285 g/mol. The molecule has 2 N–H and O–H groups in total. The molecule has 0 aliphatic carbocycles. The highest BCUT2D eigenvalue weighted by atomic mass is 79.9. The van der Waals surface area contributed by atoms with E-state index in [2.05, 4.69) is 21.2 Å². The summed E-state index contributed by atoms with van der Waals surface area (Å²) in [7, 11) is 0. The largest absolute Gasteiger partial charge is 0.481 e. The maximum absolute atomic E-state index is 10.5. The van der Waals surface area contributed by atoms with E-state index < -0.39 is 5.97 Å². The molecule has 0 fully saturated rings. The van der Waals surface area contributed by atoms with Gasteiger partial charge in [0.2, 0.25) is 0 Å². The van der Waals surface area contributed by atoms with Crippen molar-refractivity contribution in [3.8, 4) is 0 Å². The average molecular weight is 286 g/mol. The molecule has 0 amide bonds. The number of carbonyl (C=O) groups is 1. The molecule has 1 unspecified atom stereocenters. The lowest BCUT2D eigenvalue weighted by Crippen LogP contribution is -2.15. The zero-order valence-electron chi connectivity index (χ0n) is 9.46. The maximum atomic E-state index is 10.5. The van der Waals surface area contributed by atoms with Crippen molar-refractivity contribution < 1.29 is 9.90 Å². The Morgan fingerprint density at radius 3 is 2.81 bits per heavy atom. The van der Waals surface area contributed by atoms with Crippen molar-refractivity contribution in [2.45, 2.75) is 20.3 Å². The van der Waals surface area contributed by atoms with Gasteiger partial charge in [-0.3, -0.25) is 4.79 Å². The zero-order valence-corrected chi connectivity index (χ0v) is 11.0. The molecule has 1 aromatic carbocycles. The highest BCUT2D eigenvalue weighted by Gasteiger charge is 2.08. The predicted octanol–water partition coefficient (Wildman–Crippen LogP) is 3.28. The summed E-state index contributed by atoms with van der Waals surface area (Å²) in [4.78, 5) is 10.5. The van der Waals surface area contributed by atoms with Crippen LogP contribution in [-0.2, 0) is 4.79 Å². The first kappa shape index (κ1) is 13.0. The number of aryl methyl sites for hydroxylation is 1. The molecule has 0 heterocycles. The number of halogens is 1. The third-order valence-electron chi connectivity index (χ3n) is 2.29. The van der Waals surface area contributed by atoms with E-state index in [0.29, 0.717) is 6.54 Å². The standard InChI is InChI=1S/C12H16BrNO2/c1-8-3-4-11(10(13)5-8)14-7-9(2)6-12(15)16/h3-5,9,14H,6-7H2,1-2H3,(H,15,16). The number of rotatable bonds is 5. The van der Waals surface area contributed by atoms with Crippen molar-refractivity contribution in [1.29, 1.82) is 0 Å². The lowest BCUT2D eigenvalue weighted by Gasteiger charge is -2.13. The highest BCUT2D eigenvalue weighted by molar-refractivity contribution is 9.10. The molecule has 1 aromatic rings. The Bertz CT molecular complexity index is 379. The van der Waals surface area contributed by atoms with E-state index in [-0.39, 0.29) is 12.3 Å². The van der Waals surface area contributed by atoms with Crippen LogP contribution in [-0.4, -0.2) is 17.6 Å². The molecular weight excluding hydrogens is 270 g/mol. The Morgan fingerprint density at radius 1 is 1.56 bits per heavy atom. The van der Waals surface area contributed by atoms with Crippen LogP contribution in [0.25, 0.3) is 0 Å². The Labute approximate surface area is 104 Å². The van der Waals surface area contributed by atoms with E-state index in [4.69, 9.17) is 5.11 Å². The summed E-state index contributed by atoms with van der Waals surface area (Å²) >= 11 is 3.47. The normalized spacial score (nSPS) is 12.2. The van der Waals surface area contributed by atoms with Gasteiger partial charge in [0, 0.05) is 23.1 Å². The van der Waals surface area contributed by atoms with Crippen LogP contribution < -0.4 is 5.32 Å². The summed E-state index contributed by atoms with van der Waals surface area (Å²) < 4.78 is 1.01. The number of carboxylic acids is 1. The van der Waals surface area contributed by atoms with Crippen molar-refractivity contribution >= 4 is 27.6 Å². The van der Waals surface area contributed by atoms with E-state index in [1.807, 2.05) is 32.0 Å². The van der Waals surface area contributed by atoms with Crippen molar-refractivity contribution in [3.05, 3.63) is 28.2 Å². The van der Waals surface area contributed by atoms with Gasteiger partial charge in [0.25, 0.3) is 0 Å². The summed E-state index contributed by atoms with van der Waals surface area (Å²) in [5.41, 5.74) is 2.19. The van der Waals surface area contributed by atoms with Crippen LogP contribution in [0.15, 0.2) is 22.7 Å². The number of aliphatic carboxylic acids is 1. The fourth-order valence-corrected chi connectivity index (χ4v) is 2.05. The minimum Gasteiger partial charge on any atom is -0.481 e. The van der Waals surface area contributed by atoms with Crippen molar-refractivity contribution in [3.63, 3.8) is 0 Å². The second kappa shape index (κ2) is 5.89. The second-order valence-corrected chi connectivity index (χ2v) is 4.92. The number of hydrogen-bond donors (Lipinski definition) is 2. The number of carboxylic acid groups (broad SMARTS) is 1. The molecule has 0 aliphatic rings. The number of anilines is 1. The minimum atomic E-state index is -0.753. The summed E-state index contributed by atoms with van der Waals surface area (Å²) in [6.45, 7) is 4.61. The molecule has 0 bridgehead atoms. The van der Waals surface area contributed by atoms with Crippen LogP contribution in [0.1, 0.15) is 18.9 Å². The van der Waals surface area contributed by atoms with Crippen LogP contribution in [0.2, 0.25) is 0 Å². The van der Waals surface area contributed by atoms with Crippen molar-refractivity contribution in [2.24, 2.45) is 5.92 Å². The predicted molar refractivity (Wildman–Crippen MR) is 68.8 cm³/mol. The third-order valence-corrected chi connectivity index (χ3v) is 2.94. The van der Waals surface area contributed by atoms with Gasteiger partial charge in [-0.25, -0.2) is 0 Å². The Kier molecular flexibility index (Phi) is 4.80. The Morgan fingerprint density at radius 2 is 2.25 bits per heavy atom. The van der Waals surface area contributed by atoms with Gasteiger partial charge < -0.3 is 10.4 Å². The summed E-state index contributed by atoms with van der Waals surface area (Å²) in [6.07, 6.45) is 0.191. The molecule has 0 aliphatic heterocycles. The van der Waals surface area contributed by atoms with E-state index in [1.54, 1.807) is 0 Å². The van der Waals surface area contributed by atoms with Crippen LogP contribution in [0, 0.1) is 12.8 Å². The lowest BCUT2D eigenvalue weighted by atomic mass is 10.1. The van der Waals surface area contributed by atoms with Gasteiger partial charge in [0.1, 0.15) is 0 Å². The van der Waals surface area contributed by atoms with E-state index in [1.165, 1.54) is 5.56 Å².